The van der Waals surface area contributed by atoms with Gasteiger partial charge in [-0.1, -0.05) is 18.2 Å². The Labute approximate surface area is 205 Å². The van der Waals surface area contributed by atoms with Crippen molar-refractivity contribution in [3.05, 3.63) is 78.1 Å². The summed E-state index contributed by atoms with van der Waals surface area (Å²) in [4.78, 5) is 27.1. The van der Waals surface area contributed by atoms with Crippen molar-refractivity contribution in [2.24, 2.45) is 10.5 Å². The van der Waals surface area contributed by atoms with Crippen molar-refractivity contribution in [3.8, 4) is 0 Å². The van der Waals surface area contributed by atoms with Crippen molar-refractivity contribution in [3.63, 3.8) is 0 Å². The molecule has 2 aromatic carbocycles. The molecule has 3 aromatic rings. The lowest BCUT2D eigenvalue weighted by molar-refractivity contribution is -0.137. The summed E-state index contributed by atoms with van der Waals surface area (Å²) in [6, 6.07) is 14.3. The molecule has 7 nitrogen and oxygen atoms in total. The van der Waals surface area contributed by atoms with Crippen LogP contribution in [-0.4, -0.2) is 47.3 Å². The molecular weight excluding hydrogens is 469 g/mol. The molecule has 0 radical (unpaired) electrons. The fraction of sp³-hybridized carbons (Fsp3) is 0.308. The summed E-state index contributed by atoms with van der Waals surface area (Å²) in [6.07, 6.45) is -0.997. The third-order valence-corrected chi connectivity index (χ3v) is 7.44. The number of halogens is 3. The molecule has 184 valence electrons. The molecule has 0 bridgehead atoms. The first-order valence-corrected chi connectivity index (χ1v) is 11.7. The van der Waals surface area contributed by atoms with Gasteiger partial charge in [-0.25, -0.2) is 9.97 Å². The van der Waals surface area contributed by atoms with Crippen molar-refractivity contribution in [2.45, 2.75) is 25.6 Å². The largest absolute Gasteiger partial charge is 0.416 e. The molecular formula is C26H23F3N6O. The number of rotatable bonds is 2. The van der Waals surface area contributed by atoms with Crippen LogP contribution in [0.1, 0.15) is 18.1 Å². The lowest BCUT2D eigenvalue weighted by atomic mass is 9.67. The molecule has 3 aliphatic heterocycles. The molecule has 1 spiro atoms. The fourth-order valence-electron chi connectivity index (χ4n) is 5.69. The fourth-order valence-corrected chi connectivity index (χ4v) is 5.69. The molecule has 3 aliphatic rings. The highest BCUT2D eigenvalue weighted by molar-refractivity contribution is 6.20. The maximum absolute atomic E-state index is 14.2. The third kappa shape index (κ3) is 3.35. The van der Waals surface area contributed by atoms with Crippen molar-refractivity contribution >= 4 is 28.9 Å². The van der Waals surface area contributed by atoms with Gasteiger partial charge >= 0.3 is 6.18 Å². The van der Waals surface area contributed by atoms with Gasteiger partial charge in [-0.2, -0.15) is 23.3 Å². The summed E-state index contributed by atoms with van der Waals surface area (Å²) in [7, 11) is 0. The first kappa shape index (κ1) is 22.5. The average Bonchev–Trinajstić information content (AvgIpc) is 3.14. The number of hydrazone groups is 1. The molecule has 0 aliphatic carbocycles. The minimum absolute atomic E-state index is 0.133. The van der Waals surface area contributed by atoms with Crippen LogP contribution in [0, 0.1) is 5.41 Å². The van der Waals surface area contributed by atoms with Gasteiger partial charge in [0.15, 0.2) is 0 Å². The van der Waals surface area contributed by atoms with E-state index in [-0.39, 0.29) is 18.4 Å². The highest BCUT2D eigenvalue weighted by Crippen LogP contribution is 2.49. The van der Waals surface area contributed by atoms with Crippen LogP contribution in [0.5, 0.6) is 0 Å². The van der Waals surface area contributed by atoms with E-state index in [4.69, 9.17) is 0 Å². The number of carbonyl (C=O) groups is 1. The Morgan fingerprint density at radius 2 is 1.75 bits per heavy atom. The predicted molar refractivity (Wildman–Crippen MR) is 130 cm³/mol. The van der Waals surface area contributed by atoms with E-state index in [0.29, 0.717) is 42.5 Å². The van der Waals surface area contributed by atoms with E-state index in [1.807, 2.05) is 23.1 Å². The van der Waals surface area contributed by atoms with E-state index in [1.54, 1.807) is 37.5 Å². The molecule has 1 amide bonds. The van der Waals surface area contributed by atoms with Crippen molar-refractivity contribution in [1.82, 2.24) is 9.97 Å². The number of amides is 1. The first-order chi connectivity index (χ1) is 17.3. The van der Waals surface area contributed by atoms with Crippen molar-refractivity contribution < 1.29 is 18.0 Å². The number of benzene rings is 2. The van der Waals surface area contributed by atoms with Gasteiger partial charge in [0.1, 0.15) is 5.41 Å². The van der Waals surface area contributed by atoms with Crippen LogP contribution in [0.3, 0.4) is 0 Å². The predicted octanol–water partition coefficient (Wildman–Crippen LogP) is 4.16. The van der Waals surface area contributed by atoms with Crippen molar-refractivity contribution in [2.75, 3.05) is 34.4 Å². The highest BCUT2D eigenvalue weighted by atomic mass is 19.4. The Kier molecular flexibility index (Phi) is 5.03. The first-order valence-electron chi connectivity index (χ1n) is 11.7. The molecule has 6 rings (SSSR count). The quantitative estimate of drug-likeness (QED) is 0.538. The van der Waals surface area contributed by atoms with Gasteiger partial charge in [0.05, 0.1) is 23.0 Å². The number of para-hydroxylation sites is 1. The summed E-state index contributed by atoms with van der Waals surface area (Å²) in [5.74, 6) is 0.325. The van der Waals surface area contributed by atoms with Gasteiger partial charge < -0.3 is 9.80 Å². The second-order valence-electron chi connectivity index (χ2n) is 9.33. The van der Waals surface area contributed by atoms with E-state index in [2.05, 4.69) is 20.0 Å². The minimum Gasteiger partial charge on any atom is -0.363 e. The molecule has 36 heavy (non-hydrogen) atoms. The Morgan fingerprint density at radius 1 is 1.00 bits per heavy atom. The summed E-state index contributed by atoms with van der Waals surface area (Å²) in [5, 5.41) is 6.04. The van der Waals surface area contributed by atoms with Gasteiger partial charge in [0.2, 0.25) is 5.95 Å². The van der Waals surface area contributed by atoms with E-state index in [9.17, 15) is 18.0 Å². The molecule has 10 heteroatoms. The zero-order valence-corrected chi connectivity index (χ0v) is 19.5. The highest BCUT2D eigenvalue weighted by Gasteiger charge is 2.60. The van der Waals surface area contributed by atoms with Gasteiger partial charge in [-0.15, -0.1) is 0 Å². The van der Waals surface area contributed by atoms with Crippen LogP contribution in [0.15, 0.2) is 72.1 Å². The van der Waals surface area contributed by atoms with E-state index in [0.717, 1.165) is 11.8 Å². The number of alkyl halides is 3. The second kappa shape index (κ2) is 8.04. The second-order valence-corrected chi connectivity index (χ2v) is 9.33. The van der Waals surface area contributed by atoms with Gasteiger partial charge in [-0.3, -0.25) is 4.79 Å². The summed E-state index contributed by atoms with van der Waals surface area (Å²) in [5.41, 5.74) is 0.602. The number of nitrogens with zero attached hydrogens (tertiary/aromatic N) is 6. The van der Waals surface area contributed by atoms with E-state index < -0.39 is 17.2 Å². The minimum atomic E-state index is -4.47. The Hall–Kier alpha value is -3.95. The smallest absolute Gasteiger partial charge is 0.363 e. The standard InChI is InChI=1S/C26H23F3N6O/c1-17-25(23(36)35(32-17)20-6-3-2-4-7-20)15-18-14-19(26(27,28)29)8-9-21(18)34-13-12-33(16-22(25)34)24-30-10-5-11-31-24/h2-11,14,22H,12-13,15-16H2,1H3/t22-,25-/m0/s1. The lowest BCUT2D eigenvalue weighted by Crippen LogP contribution is -2.67. The van der Waals surface area contributed by atoms with Crippen LogP contribution in [0.25, 0.3) is 0 Å². The Bertz CT molecular complexity index is 1350. The van der Waals surface area contributed by atoms with Crippen LogP contribution in [0.4, 0.5) is 30.5 Å². The van der Waals surface area contributed by atoms with E-state index in [1.165, 1.54) is 17.1 Å². The lowest BCUT2D eigenvalue weighted by Gasteiger charge is -2.53. The molecule has 0 N–H and O–H groups in total. The van der Waals surface area contributed by atoms with Gasteiger partial charge in [-0.05, 0) is 55.3 Å². The molecule has 0 unspecified atom stereocenters. The van der Waals surface area contributed by atoms with Crippen LogP contribution in [0.2, 0.25) is 0 Å². The number of hydrogen-bond donors (Lipinski definition) is 0. The number of aromatic nitrogens is 2. The maximum atomic E-state index is 14.2. The topological polar surface area (TPSA) is 64.9 Å². The third-order valence-electron chi connectivity index (χ3n) is 7.44. The summed E-state index contributed by atoms with van der Waals surface area (Å²) in [6.45, 7) is 3.32. The number of fused-ring (bicyclic) bond motifs is 4. The zero-order chi connectivity index (χ0) is 25.1. The Morgan fingerprint density at radius 3 is 2.47 bits per heavy atom. The summed E-state index contributed by atoms with van der Waals surface area (Å²) >= 11 is 0. The molecule has 4 heterocycles. The molecule has 2 atom stereocenters. The van der Waals surface area contributed by atoms with Crippen LogP contribution >= 0.6 is 0 Å². The Balaban J connectivity index is 1.48. The van der Waals surface area contributed by atoms with Gasteiger partial charge in [0, 0.05) is 37.7 Å². The number of piperazine rings is 1. The van der Waals surface area contributed by atoms with Crippen molar-refractivity contribution in [1.29, 1.82) is 0 Å². The molecule has 0 saturated carbocycles. The zero-order valence-electron chi connectivity index (χ0n) is 19.5. The normalized spacial score (nSPS) is 23.6. The number of carbonyl (C=O) groups excluding carboxylic acids is 1. The summed E-state index contributed by atoms with van der Waals surface area (Å²) < 4.78 is 40.8. The molecule has 1 saturated heterocycles. The maximum Gasteiger partial charge on any atom is 0.416 e. The van der Waals surface area contributed by atoms with E-state index >= 15 is 0 Å². The molecule has 1 fully saturated rings. The van der Waals surface area contributed by atoms with Gasteiger partial charge in [0.25, 0.3) is 5.91 Å². The van der Waals surface area contributed by atoms with Crippen LogP contribution in [-0.2, 0) is 17.4 Å². The SMILES string of the molecule is CC1=NN(c2ccccc2)C(=O)[C@@]12Cc1cc(C(F)(F)F)ccc1N1CCN(c3ncccn3)C[C@H]12. The molecule has 1 aromatic heterocycles. The average molecular weight is 493 g/mol. The van der Waals surface area contributed by atoms with Crippen LogP contribution < -0.4 is 14.8 Å². The number of anilines is 3. The number of hydrogen-bond acceptors (Lipinski definition) is 6. The monoisotopic (exact) mass is 492 g/mol.